The number of aromatic nitrogens is 3. The summed E-state index contributed by atoms with van der Waals surface area (Å²) in [6.45, 7) is 3.03. The molecular formula is C27H28N6O4S. The van der Waals surface area contributed by atoms with Crippen LogP contribution in [-0.4, -0.2) is 52.4 Å². The fourth-order valence-corrected chi connectivity index (χ4v) is 5.57. The number of fused-ring (bicyclic) bond motifs is 1. The van der Waals surface area contributed by atoms with E-state index >= 15 is 0 Å². The van der Waals surface area contributed by atoms with E-state index in [1.807, 2.05) is 17.0 Å². The Balaban J connectivity index is 1.47. The first-order chi connectivity index (χ1) is 18.3. The molecule has 0 unspecified atom stereocenters. The molecule has 2 aromatic heterocycles. The Labute approximate surface area is 220 Å². The van der Waals surface area contributed by atoms with Gasteiger partial charge in [0.2, 0.25) is 5.91 Å². The molecule has 38 heavy (non-hydrogen) atoms. The number of sulfonamides is 1. The SMILES string of the molecule is CC(=O)N1CCC(Cc2ccc(O)cc2Nc2nc3ccccc3nc2NS(=O)(=O)c2cccnc2)CC1. The highest BCUT2D eigenvalue weighted by atomic mass is 32.2. The number of hydrogen-bond donors (Lipinski definition) is 3. The van der Waals surface area contributed by atoms with Crippen LogP contribution < -0.4 is 10.0 Å². The second-order valence-electron chi connectivity index (χ2n) is 9.32. The minimum atomic E-state index is -3.99. The number of nitrogens with one attached hydrogen (secondary N) is 2. The Morgan fingerprint density at radius 1 is 1.03 bits per heavy atom. The number of carbonyl (C=O) groups excluding carboxylic acids is 1. The van der Waals surface area contributed by atoms with E-state index in [1.54, 1.807) is 43.3 Å². The van der Waals surface area contributed by atoms with Crippen LogP contribution in [0.1, 0.15) is 25.3 Å². The second kappa shape index (κ2) is 10.6. The van der Waals surface area contributed by atoms with Crippen LogP contribution in [-0.2, 0) is 21.2 Å². The van der Waals surface area contributed by atoms with Crippen molar-refractivity contribution in [2.45, 2.75) is 31.1 Å². The number of carbonyl (C=O) groups is 1. The largest absolute Gasteiger partial charge is 0.508 e. The first-order valence-corrected chi connectivity index (χ1v) is 13.8. The molecule has 2 aromatic carbocycles. The Kier molecular flexibility index (Phi) is 7.10. The van der Waals surface area contributed by atoms with Crippen LogP contribution in [0.3, 0.4) is 0 Å². The number of benzene rings is 2. The summed E-state index contributed by atoms with van der Waals surface area (Å²) in [4.78, 5) is 26.6. The molecule has 1 amide bonds. The van der Waals surface area contributed by atoms with Crippen LogP contribution in [0.5, 0.6) is 5.75 Å². The standard InChI is InChI=1S/C27H28N6O4S/c1-18(34)33-13-10-19(11-14-33)15-20-8-9-21(35)16-25(20)31-26-27(30-24-7-3-2-6-23(24)29-26)32-38(36,37)22-5-4-12-28-17-22/h2-9,12,16-17,19,35H,10-11,13-15H2,1H3,(H,29,31)(H,30,32). The Morgan fingerprint density at radius 2 is 1.74 bits per heavy atom. The van der Waals surface area contributed by atoms with Crippen molar-refractivity contribution < 1.29 is 18.3 Å². The molecule has 11 heteroatoms. The van der Waals surface area contributed by atoms with Crippen LogP contribution in [0, 0.1) is 5.92 Å². The average Bonchev–Trinajstić information content (AvgIpc) is 2.91. The highest BCUT2D eigenvalue weighted by molar-refractivity contribution is 7.92. The number of pyridine rings is 1. The average molecular weight is 533 g/mol. The minimum Gasteiger partial charge on any atom is -0.508 e. The van der Waals surface area contributed by atoms with E-state index < -0.39 is 10.0 Å². The summed E-state index contributed by atoms with van der Waals surface area (Å²) in [7, 11) is -3.99. The van der Waals surface area contributed by atoms with Crippen LogP contribution >= 0.6 is 0 Å². The summed E-state index contributed by atoms with van der Waals surface area (Å²) in [5, 5.41) is 13.5. The third-order valence-corrected chi connectivity index (χ3v) is 7.99. The van der Waals surface area contributed by atoms with Crippen LogP contribution in [0.15, 0.2) is 71.9 Å². The lowest BCUT2D eigenvalue weighted by Crippen LogP contribution is -2.37. The second-order valence-corrected chi connectivity index (χ2v) is 11.0. The van der Waals surface area contributed by atoms with Gasteiger partial charge in [0.05, 0.1) is 11.0 Å². The van der Waals surface area contributed by atoms with Crippen molar-refractivity contribution in [3.8, 4) is 5.75 Å². The van der Waals surface area contributed by atoms with E-state index in [1.165, 1.54) is 18.5 Å². The Bertz CT molecular complexity index is 1570. The highest BCUT2D eigenvalue weighted by Crippen LogP contribution is 2.33. The maximum absolute atomic E-state index is 13.1. The number of anilines is 3. The van der Waals surface area contributed by atoms with E-state index in [2.05, 4.69) is 25.0 Å². The molecule has 1 saturated heterocycles. The number of rotatable bonds is 7. The zero-order valence-electron chi connectivity index (χ0n) is 20.8. The molecule has 1 aliphatic rings. The van der Waals surface area contributed by atoms with Gasteiger partial charge in [0.1, 0.15) is 10.6 Å². The molecule has 196 valence electrons. The maximum Gasteiger partial charge on any atom is 0.264 e. The molecule has 5 rings (SSSR count). The van der Waals surface area contributed by atoms with E-state index in [0.29, 0.717) is 22.6 Å². The molecule has 1 aliphatic heterocycles. The molecule has 0 aliphatic carbocycles. The summed E-state index contributed by atoms with van der Waals surface area (Å²) in [6, 6.07) is 15.2. The van der Waals surface area contributed by atoms with E-state index in [0.717, 1.165) is 37.9 Å². The lowest BCUT2D eigenvalue weighted by molar-refractivity contribution is -0.130. The summed E-state index contributed by atoms with van der Waals surface area (Å²) in [6.07, 6.45) is 5.24. The quantitative estimate of drug-likeness (QED) is 0.324. The van der Waals surface area contributed by atoms with Crippen molar-refractivity contribution in [2.75, 3.05) is 23.1 Å². The van der Waals surface area contributed by atoms with Gasteiger partial charge in [-0.05, 0) is 61.1 Å². The van der Waals surface area contributed by atoms with Gasteiger partial charge in [0.15, 0.2) is 11.6 Å². The van der Waals surface area contributed by atoms with Gasteiger partial charge in [-0.15, -0.1) is 0 Å². The van der Waals surface area contributed by atoms with Crippen LogP contribution in [0.2, 0.25) is 0 Å². The van der Waals surface area contributed by atoms with Gasteiger partial charge in [-0.2, -0.15) is 0 Å². The zero-order valence-corrected chi connectivity index (χ0v) is 21.6. The minimum absolute atomic E-state index is 0.00384. The number of nitrogens with zero attached hydrogens (tertiary/aromatic N) is 4. The molecule has 3 N–H and O–H groups in total. The summed E-state index contributed by atoms with van der Waals surface area (Å²) in [5.41, 5.74) is 2.65. The molecule has 1 fully saturated rings. The fraction of sp³-hybridized carbons (Fsp3) is 0.259. The third-order valence-electron chi connectivity index (χ3n) is 6.66. The number of amides is 1. The monoisotopic (exact) mass is 532 g/mol. The number of para-hydroxylation sites is 2. The Hall–Kier alpha value is -4.25. The van der Waals surface area contributed by atoms with E-state index in [9.17, 15) is 18.3 Å². The number of likely N-dealkylation sites (tertiary alicyclic amines) is 1. The van der Waals surface area contributed by atoms with Crippen LogP contribution in [0.4, 0.5) is 17.3 Å². The topological polar surface area (TPSA) is 137 Å². The lowest BCUT2D eigenvalue weighted by Gasteiger charge is -2.31. The van der Waals surface area contributed by atoms with Gasteiger partial charge in [-0.25, -0.2) is 18.4 Å². The highest BCUT2D eigenvalue weighted by Gasteiger charge is 2.23. The van der Waals surface area contributed by atoms with Gasteiger partial charge in [-0.3, -0.25) is 14.5 Å². The van der Waals surface area contributed by atoms with Gasteiger partial charge >= 0.3 is 0 Å². The first-order valence-electron chi connectivity index (χ1n) is 12.3. The van der Waals surface area contributed by atoms with Gasteiger partial charge < -0.3 is 15.3 Å². The number of piperidine rings is 1. The number of aromatic hydroxyl groups is 1. The molecule has 10 nitrogen and oxygen atoms in total. The van der Waals surface area contributed by atoms with E-state index in [4.69, 9.17) is 0 Å². The van der Waals surface area contributed by atoms with Gasteiger partial charge in [0, 0.05) is 44.2 Å². The molecule has 0 bridgehead atoms. The van der Waals surface area contributed by atoms with Crippen molar-refractivity contribution >= 4 is 44.3 Å². The van der Waals surface area contributed by atoms with Crippen molar-refractivity contribution in [3.63, 3.8) is 0 Å². The van der Waals surface area contributed by atoms with Crippen molar-refractivity contribution in [1.82, 2.24) is 19.9 Å². The molecule has 3 heterocycles. The molecule has 0 spiro atoms. The first kappa shape index (κ1) is 25.4. The fourth-order valence-electron chi connectivity index (χ4n) is 4.60. The normalized spacial score (nSPS) is 14.4. The van der Waals surface area contributed by atoms with Crippen LogP contribution in [0.25, 0.3) is 11.0 Å². The molecular weight excluding hydrogens is 504 g/mol. The van der Waals surface area contributed by atoms with Crippen molar-refractivity contribution in [2.24, 2.45) is 5.92 Å². The molecule has 0 radical (unpaired) electrons. The zero-order chi connectivity index (χ0) is 26.7. The van der Waals surface area contributed by atoms with Gasteiger partial charge in [-0.1, -0.05) is 18.2 Å². The Morgan fingerprint density at radius 3 is 2.39 bits per heavy atom. The smallest absolute Gasteiger partial charge is 0.264 e. The maximum atomic E-state index is 13.1. The lowest BCUT2D eigenvalue weighted by atomic mass is 9.89. The van der Waals surface area contributed by atoms with Crippen molar-refractivity contribution in [3.05, 3.63) is 72.6 Å². The number of hydrogen-bond acceptors (Lipinski definition) is 8. The number of phenols is 1. The molecule has 0 atom stereocenters. The molecule has 0 saturated carbocycles. The van der Waals surface area contributed by atoms with Gasteiger partial charge in [0.25, 0.3) is 10.0 Å². The summed E-state index contributed by atoms with van der Waals surface area (Å²) >= 11 is 0. The predicted octanol–water partition coefficient (Wildman–Crippen LogP) is 4.08. The number of phenolic OH excluding ortho intramolecular Hbond substituents is 1. The predicted molar refractivity (Wildman–Crippen MR) is 145 cm³/mol. The van der Waals surface area contributed by atoms with Crippen molar-refractivity contribution in [1.29, 1.82) is 0 Å². The third kappa shape index (κ3) is 5.67. The molecule has 4 aromatic rings. The summed E-state index contributed by atoms with van der Waals surface area (Å²) < 4.78 is 28.7. The summed E-state index contributed by atoms with van der Waals surface area (Å²) in [5.74, 6) is 0.744. The van der Waals surface area contributed by atoms with E-state index in [-0.39, 0.29) is 28.2 Å².